The Morgan fingerprint density at radius 1 is 1.54 bits per heavy atom. The van der Waals surface area contributed by atoms with E-state index >= 15 is 0 Å². The van der Waals surface area contributed by atoms with Crippen molar-refractivity contribution >= 4 is 23.3 Å². The molecule has 0 aromatic carbocycles. The lowest BCUT2D eigenvalue weighted by atomic mass is 10.0. The molecule has 3 heterocycles. The molecule has 3 N–H and O–H groups in total. The second kappa shape index (κ2) is 6.73. The van der Waals surface area contributed by atoms with Crippen molar-refractivity contribution in [3.8, 4) is 0 Å². The van der Waals surface area contributed by atoms with E-state index in [1.54, 1.807) is 18.4 Å². The van der Waals surface area contributed by atoms with Gasteiger partial charge in [-0.1, -0.05) is 6.92 Å². The summed E-state index contributed by atoms with van der Waals surface area (Å²) in [6, 6.07) is 3.52. The Kier molecular flexibility index (Phi) is 4.50. The molecule has 0 aliphatic carbocycles. The van der Waals surface area contributed by atoms with Gasteiger partial charge in [-0.25, -0.2) is 0 Å². The highest BCUT2D eigenvalue weighted by Crippen LogP contribution is 2.31. The minimum atomic E-state index is -0.567. The molecular formula is C15H20N6O3. The number of anilines is 3. The van der Waals surface area contributed by atoms with E-state index in [0.717, 1.165) is 25.9 Å². The smallest absolute Gasteiger partial charge is 0.353 e. The van der Waals surface area contributed by atoms with Gasteiger partial charge in [0.1, 0.15) is 5.76 Å². The monoisotopic (exact) mass is 332 g/mol. The Morgan fingerprint density at radius 3 is 3.04 bits per heavy atom. The molecule has 1 saturated heterocycles. The molecule has 3 rings (SSSR count). The van der Waals surface area contributed by atoms with E-state index in [2.05, 4.69) is 22.2 Å². The number of furan rings is 1. The van der Waals surface area contributed by atoms with Gasteiger partial charge < -0.3 is 20.4 Å². The highest BCUT2D eigenvalue weighted by molar-refractivity contribution is 5.70. The average molecular weight is 332 g/mol. The summed E-state index contributed by atoms with van der Waals surface area (Å²) in [5, 5.41) is 14.2. The van der Waals surface area contributed by atoms with Crippen LogP contribution in [0.1, 0.15) is 25.5 Å². The largest absolute Gasteiger partial charge is 0.467 e. The van der Waals surface area contributed by atoms with Gasteiger partial charge in [0.25, 0.3) is 0 Å². The van der Waals surface area contributed by atoms with Crippen molar-refractivity contribution in [2.75, 3.05) is 29.0 Å². The predicted molar refractivity (Wildman–Crippen MR) is 89.7 cm³/mol. The van der Waals surface area contributed by atoms with Gasteiger partial charge in [-0.05, 0) is 30.9 Å². The quantitative estimate of drug-likeness (QED) is 0.632. The van der Waals surface area contributed by atoms with E-state index in [0.29, 0.717) is 17.6 Å². The van der Waals surface area contributed by atoms with Crippen molar-refractivity contribution in [2.45, 2.75) is 26.3 Å². The third-order valence-electron chi connectivity index (χ3n) is 4.03. The zero-order valence-electron chi connectivity index (χ0n) is 13.4. The Bertz CT molecular complexity index is 718. The van der Waals surface area contributed by atoms with Gasteiger partial charge in [0.15, 0.2) is 0 Å². The second-order valence-corrected chi connectivity index (χ2v) is 5.99. The van der Waals surface area contributed by atoms with E-state index in [4.69, 9.17) is 10.2 Å². The number of nitro groups is 1. The van der Waals surface area contributed by atoms with Crippen LogP contribution in [-0.4, -0.2) is 28.0 Å². The fourth-order valence-electron chi connectivity index (χ4n) is 2.86. The summed E-state index contributed by atoms with van der Waals surface area (Å²) in [6.45, 7) is 4.07. The third-order valence-corrected chi connectivity index (χ3v) is 4.03. The van der Waals surface area contributed by atoms with E-state index < -0.39 is 4.92 Å². The summed E-state index contributed by atoms with van der Waals surface area (Å²) in [6.07, 6.45) is 3.74. The molecule has 0 amide bonds. The molecule has 1 fully saturated rings. The predicted octanol–water partition coefficient (Wildman–Crippen LogP) is 2.41. The van der Waals surface area contributed by atoms with Crippen LogP contribution in [0.3, 0.4) is 0 Å². The summed E-state index contributed by atoms with van der Waals surface area (Å²) in [5.74, 6) is 1.57. The van der Waals surface area contributed by atoms with Crippen LogP contribution in [0.25, 0.3) is 0 Å². The van der Waals surface area contributed by atoms with E-state index in [9.17, 15) is 10.1 Å². The first-order chi connectivity index (χ1) is 11.5. The van der Waals surface area contributed by atoms with Gasteiger partial charge in [0, 0.05) is 13.1 Å². The SMILES string of the molecule is CC1CCCN(c2nc(N)c([N+](=O)[O-])c(NCc3ccco3)n2)C1. The van der Waals surface area contributed by atoms with Crippen molar-refractivity contribution in [2.24, 2.45) is 5.92 Å². The van der Waals surface area contributed by atoms with Crippen LogP contribution in [0, 0.1) is 16.0 Å². The van der Waals surface area contributed by atoms with Crippen molar-refractivity contribution in [1.29, 1.82) is 0 Å². The zero-order valence-corrected chi connectivity index (χ0v) is 13.4. The maximum absolute atomic E-state index is 11.3. The molecule has 24 heavy (non-hydrogen) atoms. The molecule has 0 saturated carbocycles. The number of aromatic nitrogens is 2. The minimum absolute atomic E-state index is 0.108. The van der Waals surface area contributed by atoms with Crippen molar-refractivity contribution in [3.05, 3.63) is 34.3 Å². The number of nitrogens with two attached hydrogens (primary N) is 1. The minimum Gasteiger partial charge on any atom is -0.467 e. The maximum atomic E-state index is 11.3. The fourth-order valence-corrected chi connectivity index (χ4v) is 2.86. The molecule has 0 bridgehead atoms. The lowest BCUT2D eigenvalue weighted by molar-refractivity contribution is -0.383. The van der Waals surface area contributed by atoms with Crippen LogP contribution in [-0.2, 0) is 6.54 Å². The van der Waals surface area contributed by atoms with Gasteiger partial charge in [0.2, 0.25) is 17.6 Å². The first kappa shape index (κ1) is 16.0. The molecule has 1 atom stereocenters. The molecule has 9 nitrogen and oxygen atoms in total. The second-order valence-electron chi connectivity index (χ2n) is 5.99. The Hall–Kier alpha value is -2.84. The Balaban J connectivity index is 1.89. The van der Waals surface area contributed by atoms with Crippen molar-refractivity contribution < 1.29 is 9.34 Å². The highest BCUT2D eigenvalue weighted by Gasteiger charge is 2.26. The number of nitrogen functional groups attached to an aromatic ring is 1. The number of piperidine rings is 1. The molecule has 128 valence electrons. The standard InChI is InChI=1S/C15H20N6O3/c1-10-4-2-6-20(9-10)15-18-13(16)12(21(22)23)14(19-15)17-8-11-5-3-7-24-11/h3,5,7,10H,2,4,6,8-9H2,1H3,(H3,16,17,18,19). The fraction of sp³-hybridized carbons (Fsp3) is 0.467. The summed E-state index contributed by atoms with van der Waals surface area (Å²) in [5.41, 5.74) is 5.52. The lowest BCUT2D eigenvalue weighted by Crippen LogP contribution is -2.35. The highest BCUT2D eigenvalue weighted by atomic mass is 16.6. The molecular weight excluding hydrogens is 312 g/mol. The molecule has 1 unspecified atom stereocenters. The van der Waals surface area contributed by atoms with Gasteiger partial charge in [-0.2, -0.15) is 9.97 Å². The van der Waals surface area contributed by atoms with Gasteiger partial charge in [-0.15, -0.1) is 0 Å². The van der Waals surface area contributed by atoms with Crippen LogP contribution in [0.2, 0.25) is 0 Å². The number of hydrogen-bond donors (Lipinski definition) is 2. The molecule has 9 heteroatoms. The number of nitrogens with zero attached hydrogens (tertiary/aromatic N) is 4. The Labute approximate surface area is 139 Å². The summed E-state index contributed by atoms with van der Waals surface area (Å²) >= 11 is 0. The molecule has 2 aromatic heterocycles. The van der Waals surface area contributed by atoms with Crippen LogP contribution >= 0.6 is 0 Å². The van der Waals surface area contributed by atoms with Crippen LogP contribution in [0.4, 0.5) is 23.3 Å². The van der Waals surface area contributed by atoms with Gasteiger partial charge >= 0.3 is 5.69 Å². The summed E-state index contributed by atoms with van der Waals surface area (Å²) < 4.78 is 5.23. The maximum Gasteiger partial charge on any atom is 0.353 e. The van der Waals surface area contributed by atoms with Crippen molar-refractivity contribution in [3.63, 3.8) is 0 Å². The first-order valence-electron chi connectivity index (χ1n) is 7.87. The number of rotatable bonds is 5. The average Bonchev–Trinajstić information content (AvgIpc) is 3.05. The lowest BCUT2D eigenvalue weighted by Gasteiger charge is -2.31. The molecule has 1 aliphatic heterocycles. The summed E-state index contributed by atoms with van der Waals surface area (Å²) in [7, 11) is 0. The van der Waals surface area contributed by atoms with Gasteiger partial charge in [0.05, 0.1) is 17.7 Å². The molecule has 1 aliphatic rings. The number of hydrogen-bond acceptors (Lipinski definition) is 8. The number of nitrogens with one attached hydrogen (secondary N) is 1. The van der Waals surface area contributed by atoms with Crippen LogP contribution in [0.5, 0.6) is 0 Å². The molecule has 0 spiro atoms. The third kappa shape index (κ3) is 3.39. The van der Waals surface area contributed by atoms with E-state index in [1.165, 1.54) is 0 Å². The summed E-state index contributed by atoms with van der Waals surface area (Å²) in [4.78, 5) is 21.3. The first-order valence-corrected chi connectivity index (χ1v) is 7.87. The van der Waals surface area contributed by atoms with Crippen LogP contribution in [0.15, 0.2) is 22.8 Å². The molecule has 0 radical (unpaired) electrons. The zero-order chi connectivity index (χ0) is 17.1. The van der Waals surface area contributed by atoms with E-state index in [1.807, 2.05) is 4.90 Å². The Morgan fingerprint density at radius 2 is 2.38 bits per heavy atom. The normalized spacial score (nSPS) is 17.7. The molecule has 2 aromatic rings. The van der Waals surface area contributed by atoms with Gasteiger partial charge in [-0.3, -0.25) is 10.1 Å². The topological polar surface area (TPSA) is 123 Å². The van der Waals surface area contributed by atoms with E-state index in [-0.39, 0.29) is 23.9 Å². The van der Waals surface area contributed by atoms with Crippen molar-refractivity contribution in [1.82, 2.24) is 9.97 Å². The van der Waals surface area contributed by atoms with Crippen LogP contribution < -0.4 is 16.0 Å².